The normalized spacial score (nSPS) is 13.9. The van der Waals surface area contributed by atoms with Crippen molar-refractivity contribution in [3.05, 3.63) is 223 Å². The van der Waals surface area contributed by atoms with Crippen LogP contribution in [0.1, 0.15) is 43.2 Å². The molecule has 0 atom stereocenters. The lowest BCUT2D eigenvalue weighted by Gasteiger charge is -2.37. The number of hydrogen-bond acceptors (Lipinski definition) is 1. The molecule has 1 nitrogen and oxygen atoms in total. The lowest BCUT2D eigenvalue weighted by molar-refractivity contribution is 0.353. The zero-order chi connectivity index (χ0) is 39.2. The summed E-state index contributed by atoms with van der Waals surface area (Å²) in [6.07, 6.45) is 6.23. The number of benzene rings is 9. The van der Waals surface area contributed by atoms with Gasteiger partial charge in [-0.1, -0.05) is 195 Å². The van der Waals surface area contributed by atoms with Crippen molar-refractivity contribution in [1.29, 1.82) is 0 Å². The van der Waals surface area contributed by atoms with Gasteiger partial charge in [0.05, 0.1) is 5.69 Å². The highest BCUT2D eigenvalue weighted by molar-refractivity contribution is 5.98. The Morgan fingerprint density at radius 1 is 0.305 bits per heavy atom. The summed E-state index contributed by atoms with van der Waals surface area (Å²) in [6, 6.07) is 78.8. The van der Waals surface area contributed by atoms with Gasteiger partial charge in [0.2, 0.25) is 0 Å². The summed E-state index contributed by atoms with van der Waals surface area (Å²) >= 11 is 0. The van der Waals surface area contributed by atoms with Crippen LogP contribution in [-0.2, 0) is 5.41 Å². The fraction of sp³-hybridized carbons (Fsp3) is 0.103. The Morgan fingerprint density at radius 3 is 1.66 bits per heavy atom. The third-order valence-electron chi connectivity index (χ3n) is 13.1. The first kappa shape index (κ1) is 35.2. The number of anilines is 3. The summed E-state index contributed by atoms with van der Waals surface area (Å²) in [6.45, 7) is 0. The van der Waals surface area contributed by atoms with E-state index < -0.39 is 0 Å². The SMILES string of the molecule is c1ccc(-c2ccccc2-c2ccccc2-c2ccccc2N(c2cccc(-c3ccc4ccccc4c3)c2)c2ccc3c(c2)C2(CCCCC2)c2ccccc2-3)cc1. The molecule has 0 saturated heterocycles. The van der Waals surface area contributed by atoms with Crippen LogP contribution in [-0.4, -0.2) is 0 Å². The van der Waals surface area contributed by atoms with E-state index in [1.165, 1.54) is 115 Å². The highest BCUT2D eigenvalue weighted by atomic mass is 15.1. The molecule has 9 aromatic carbocycles. The van der Waals surface area contributed by atoms with Crippen LogP contribution in [0, 0.1) is 0 Å². The summed E-state index contributed by atoms with van der Waals surface area (Å²) in [5.74, 6) is 0. The van der Waals surface area contributed by atoms with Crippen LogP contribution < -0.4 is 4.90 Å². The molecule has 11 rings (SSSR count). The van der Waals surface area contributed by atoms with Crippen LogP contribution in [0.4, 0.5) is 17.1 Å². The second kappa shape index (κ2) is 14.8. The van der Waals surface area contributed by atoms with E-state index in [1.54, 1.807) is 0 Å². The standard InChI is InChI=1S/C58H45N/c1-3-19-42(20-4-1)48-24-7-8-25-49(48)50-26-9-10-27-51(50)54-29-12-14-31-57(54)59(46-23-17-22-44(39-46)45-33-32-41-18-5-6-21-43(41)38-45)47-34-35-53-52-28-11-13-30-55(52)58(56(53)40-47)36-15-2-16-37-58/h1,3-14,17-35,38-40H,2,15-16,36-37H2. The van der Waals surface area contributed by atoms with Gasteiger partial charge >= 0.3 is 0 Å². The van der Waals surface area contributed by atoms with E-state index in [-0.39, 0.29) is 5.41 Å². The van der Waals surface area contributed by atoms with Crippen LogP contribution in [0.5, 0.6) is 0 Å². The van der Waals surface area contributed by atoms with Gasteiger partial charge < -0.3 is 4.90 Å². The fourth-order valence-electron chi connectivity index (χ4n) is 10.3. The highest BCUT2D eigenvalue weighted by Gasteiger charge is 2.44. The van der Waals surface area contributed by atoms with Crippen LogP contribution in [0.3, 0.4) is 0 Å². The molecule has 0 amide bonds. The molecule has 0 aromatic heterocycles. The minimum atomic E-state index is 0.0477. The van der Waals surface area contributed by atoms with Crippen molar-refractivity contribution in [2.45, 2.75) is 37.5 Å². The molecule has 0 heterocycles. The van der Waals surface area contributed by atoms with Crippen molar-refractivity contribution >= 4 is 27.8 Å². The molecule has 1 heteroatoms. The molecule has 0 N–H and O–H groups in total. The number of hydrogen-bond donors (Lipinski definition) is 0. The van der Waals surface area contributed by atoms with E-state index in [1.807, 2.05) is 0 Å². The van der Waals surface area contributed by atoms with Crippen molar-refractivity contribution in [1.82, 2.24) is 0 Å². The van der Waals surface area contributed by atoms with Gasteiger partial charge in [-0.05, 0) is 121 Å². The second-order valence-electron chi connectivity index (χ2n) is 16.3. The monoisotopic (exact) mass is 755 g/mol. The molecule has 0 radical (unpaired) electrons. The van der Waals surface area contributed by atoms with Gasteiger partial charge in [0, 0.05) is 22.4 Å². The Bertz CT molecular complexity index is 2990. The Balaban J connectivity index is 1.12. The van der Waals surface area contributed by atoms with Crippen molar-refractivity contribution in [3.63, 3.8) is 0 Å². The molecular formula is C58H45N. The largest absolute Gasteiger partial charge is 0.310 e. The van der Waals surface area contributed by atoms with Crippen molar-refractivity contribution in [2.75, 3.05) is 4.90 Å². The molecule has 0 bridgehead atoms. The average molecular weight is 756 g/mol. The molecule has 0 aliphatic heterocycles. The van der Waals surface area contributed by atoms with E-state index in [4.69, 9.17) is 0 Å². The Hall–Kier alpha value is -6.96. The summed E-state index contributed by atoms with van der Waals surface area (Å²) in [4.78, 5) is 2.53. The molecule has 2 aliphatic rings. The van der Waals surface area contributed by atoms with Gasteiger partial charge in [-0.3, -0.25) is 0 Å². The average Bonchev–Trinajstić information content (AvgIpc) is 3.57. The first-order valence-electron chi connectivity index (χ1n) is 21.2. The van der Waals surface area contributed by atoms with Crippen LogP contribution >= 0.6 is 0 Å². The molecular weight excluding hydrogens is 711 g/mol. The van der Waals surface area contributed by atoms with Crippen LogP contribution in [0.15, 0.2) is 212 Å². The second-order valence-corrected chi connectivity index (χ2v) is 16.3. The fourth-order valence-corrected chi connectivity index (χ4v) is 10.3. The van der Waals surface area contributed by atoms with Crippen molar-refractivity contribution in [2.24, 2.45) is 0 Å². The molecule has 9 aromatic rings. The van der Waals surface area contributed by atoms with Crippen LogP contribution in [0.25, 0.3) is 66.4 Å². The maximum absolute atomic E-state index is 2.55. The van der Waals surface area contributed by atoms with Crippen LogP contribution in [0.2, 0.25) is 0 Å². The minimum absolute atomic E-state index is 0.0477. The third kappa shape index (κ3) is 6.08. The first-order valence-corrected chi connectivity index (χ1v) is 21.2. The summed E-state index contributed by atoms with van der Waals surface area (Å²) in [7, 11) is 0. The Labute approximate surface area is 347 Å². The van der Waals surface area contributed by atoms with E-state index in [9.17, 15) is 0 Å². The molecule has 1 spiro atoms. The molecule has 282 valence electrons. The van der Waals surface area contributed by atoms with E-state index in [0.29, 0.717) is 0 Å². The maximum Gasteiger partial charge on any atom is 0.0540 e. The van der Waals surface area contributed by atoms with Gasteiger partial charge in [0.15, 0.2) is 0 Å². The number of para-hydroxylation sites is 1. The van der Waals surface area contributed by atoms with E-state index in [0.717, 1.165) is 11.4 Å². The van der Waals surface area contributed by atoms with E-state index >= 15 is 0 Å². The Kier molecular flexibility index (Phi) is 8.81. The number of rotatable bonds is 7. The molecule has 0 unspecified atom stereocenters. The Morgan fingerprint density at radius 2 is 0.864 bits per heavy atom. The molecule has 1 saturated carbocycles. The van der Waals surface area contributed by atoms with Gasteiger partial charge in [-0.25, -0.2) is 0 Å². The van der Waals surface area contributed by atoms with Crippen molar-refractivity contribution < 1.29 is 0 Å². The minimum Gasteiger partial charge on any atom is -0.310 e. The topological polar surface area (TPSA) is 3.24 Å². The van der Waals surface area contributed by atoms with Gasteiger partial charge in [-0.15, -0.1) is 0 Å². The first-order chi connectivity index (χ1) is 29.2. The smallest absolute Gasteiger partial charge is 0.0540 e. The van der Waals surface area contributed by atoms with Gasteiger partial charge in [-0.2, -0.15) is 0 Å². The predicted molar refractivity (Wildman–Crippen MR) is 250 cm³/mol. The zero-order valence-corrected chi connectivity index (χ0v) is 33.2. The summed E-state index contributed by atoms with van der Waals surface area (Å²) in [5, 5.41) is 2.51. The zero-order valence-electron chi connectivity index (χ0n) is 33.2. The summed E-state index contributed by atoms with van der Waals surface area (Å²) in [5.41, 5.74) is 19.0. The lowest BCUT2D eigenvalue weighted by Crippen LogP contribution is -2.28. The number of nitrogens with zero attached hydrogens (tertiary/aromatic N) is 1. The third-order valence-corrected chi connectivity index (χ3v) is 13.1. The predicted octanol–water partition coefficient (Wildman–Crippen LogP) is 16.2. The number of fused-ring (bicyclic) bond motifs is 6. The van der Waals surface area contributed by atoms with E-state index in [2.05, 4.69) is 217 Å². The molecule has 1 fully saturated rings. The molecule has 59 heavy (non-hydrogen) atoms. The molecule has 2 aliphatic carbocycles. The lowest BCUT2D eigenvalue weighted by atomic mass is 9.68. The van der Waals surface area contributed by atoms with Gasteiger partial charge in [0.25, 0.3) is 0 Å². The van der Waals surface area contributed by atoms with Crippen molar-refractivity contribution in [3.8, 4) is 55.6 Å². The highest BCUT2D eigenvalue weighted by Crippen LogP contribution is 2.57. The summed E-state index contributed by atoms with van der Waals surface area (Å²) < 4.78 is 0. The van der Waals surface area contributed by atoms with Gasteiger partial charge in [0.1, 0.15) is 0 Å². The quantitative estimate of drug-likeness (QED) is 0.157. The maximum atomic E-state index is 2.55.